The molecule has 1 aromatic carbocycles. The first kappa shape index (κ1) is 21.4. The molecule has 1 heterocycles. The van der Waals surface area contributed by atoms with Crippen molar-refractivity contribution in [3.05, 3.63) is 42.5 Å². The van der Waals surface area contributed by atoms with Crippen molar-refractivity contribution in [3.63, 3.8) is 0 Å². The summed E-state index contributed by atoms with van der Waals surface area (Å²) in [5.74, 6) is 0.857. The van der Waals surface area contributed by atoms with Crippen LogP contribution in [0, 0.1) is 0 Å². The third-order valence-electron chi connectivity index (χ3n) is 4.64. The van der Waals surface area contributed by atoms with E-state index in [1.54, 1.807) is 16.4 Å². The van der Waals surface area contributed by atoms with Crippen LogP contribution in [0.4, 0.5) is 0 Å². The molecule has 1 aliphatic rings. The number of rotatable bonds is 9. The minimum atomic E-state index is -3.35. The Morgan fingerprint density at radius 2 is 1.96 bits per heavy atom. The van der Waals surface area contributed by atoms with E-state index in [0.717, 1.165) is 50.3 Å². The number of sulfonamides is 1. The van der Waals surface area contributed by atoms with Gasteiger partial charge in [0.15, 0.2) is 5.96 Å². The number of guanidine groups is 1. The quantitative estimate of drug-likeness (QED) is 0.304. The standard InChI is InChI=1S/C20H32N4O2S/c1-4-6-7-14-23(3)20(21-5-2)22-17-18-10-12-19(13-11-18)27(25,26)24-15-8-9-16-24/h4,10-13H,1,5-9,14-17H2,2-3H3,(H,21,22). The molecule has 1 fully saturated rings. The molecule has 2 rings (SSSR count). The highest BCUT2D eigenvalue weighted by molar-refractivity contribution is 7.89. The summed E-state index contributed by atoms with van der Waals surface area (Å²) in [7, 11) is -1.33. The van der Waals surface area contributed by atoms with Crippen LogP contribution in [0.1, 0.15) is 38.2 Å². The Bertz CT molecular complexity index is 723. The first-order valence-corrected chi connectivity index (χ1v) is 11.1. The van der Waals surface area contributed by atoms with E-state index < -0.39 is 10.0 Å². The van der Waals surface area contributed by atoms with Crippen molar-refractivity contribution >= 4 is 16.0 Å². The van der Waals surface area contributed by atoms with Crippen molar-refractivity contribution in [3.8, 4) is 0 Å². The number of benzene rings is 1. The van der Waals surface area contributed by atoms with Gasteiger partial charge in [-0.2, -0.15) is 4.31 Å². The molecular formula is C20H32N4O2S. The molecule has 6 nitrogen and oxygen atoms in total. The van der Waals surface area contributed by atoms with E-state index in [2.05, 4.69) is 21.8 Å². The zero-order chi connectivity index (χ0) is 19.7. The Morgan fingerprint density at radius 3 is 2.56 bits per heavy atom. The second-order valence-electron chi connectivity index (χ2n) is 6.78. The molecule has 7 heteroatoms. The summed E-state index contributed by atoms with van der Waals surface area (Å²) in [6, 6.07) is 7.10. The van der Waals surface area contributed by atoms with Crippen molar-refractivity contribution in [1.82, 2.24) is 14.5 Å². The second kappa shape index (κ2) is 10.5. The average molecular weight is 393 g/mol. The van der Waals surface area contributed by atoms with Crippen LogP contribution in [0.3, 0.4) is 0 Å². The maximum Gasteiger partial charge on any atom is 0.243 e. The highest BCUT2D eigenvalue weighted by Crippen LogP contribution is 2.21. The van der Waals surface area contributed by atoms with Gasteiger partial charge in [0.1, 0.15) is 0 Å². The number of nitrogens with zero attached hydrogens (tertiary/aromatic N) is 3. The van der Waals surface area contributed by atoms with Gasteiger partial charge in [0.2, 0.25) is 10.0 Å². The van der Waals surface area contributed by atoms with Gasteiger partial charge in [0.25, 0.3) is 0 Å². The molecule has 27 heavy (non-hydrogen) atoms. The number of hydrogen-bond acceptors (Lipinski definition) is 3. The van der Waals surface area contributed by atoms with Gasteiger partial charge in [-0.25, -0.2) is 13.4 Å². The van der Waals surface area contributed by atoms with E-state index in [9.17, 15) is 8.42 Å². The summed E-state index contributed by atoms with van der Waals surface area (Å²) in [6.07, 6.45) is 5.83. The molecule has 0 atom stereocenters. The predicted molar refractivity (Wildman–Crippen MR) is 111 cm³/mol. The van der Waals surface area contributed by atoms with Crippen LogP contribution < -0.4 is 5.32 Å². The first-order chi connectivity index (χ1) is 13.0. The molecule has 150 valence electrons. The van der Waals surface area contributed by atoms with Crippen molar-refractivity contribution < 1.29 is 8.42 Å². The molecule has 1 aromatic rings. The zero-order valence-corrected chi connectivity index (χ0v) is 17.3. The lowest BCUT2D eigenvalue weighted by atomic mass is 10.2. The van der Waals surface area contributed by atoms with E-state index in [1.165, 1.54) is 0 Å². The van der Waals surface area contributed by atoms with Gasteiger partial charge < -0.3 is 10.2 Å². The summed E-state index contributed by atoms with van der Waals surface area (Å²) < 4.78 is 26.7. The predicted octanol–water partition coefficient (Wildman–Crippen LogP) is 2.83. The molecule has 0 aromatic heterocycles. The van der Waals surface area contributed by atoms with Gasteiger partial charge in [-0.1, -0.05) is 18.2 Å². The smallest absolute Gasteiger partial charge is 0.243 e. The lowest BCUT2D eigenvalue weighted by Crippen LogP contribution is -2.39. The van der Waals surface area contributed by atoms with Gasteiger partial charge in [0, 0.05) is 33.2 Å². The molecule has 0 radical (unpaired) electrons. The molecule has 0 saturated carbocycles. The van der Waals surface area contributed by atoms with Crippen LogP contribution in [-0.2, 0) is 16.6 Å². The highest BCUT2D eigenvalue weighted by Gasteiger charge is 2.26. The van der Waals surface area contributed by atoms with E-state index in [4.69, 9.17) is 0 Å². The Labute approximate surface area is 164 Å². The zero-order valence-electron chi connectivity index (χ0n) is 16.5. The molecular weight excluding hydrogens is 360 g/mol. The summed E-state index contributed by atoms with van der Waals surface area (Å²) >= 11 is 0. The number of nitrogens with one attached hydrogen (secondary N) is 1. The van der Waals surface area contributed by atoms with Gasteiger partial charge >= 0.3 is 0 Å². The van der Waals surface area contributed by atoms with Crippen molar-refractivity contribution in [2.75, 3.05) is 33.2 Å². The summed E-state index contributed by atoms with van der Waals surface area (Å²) in [5.41, 5.74) is 0.991. The fourth-order valence-corrected chi connectivity index (χ4v) is 4.58. The third-order valence-corrected chi connectivity index (χ3v) is 6.55. The van der Waals surface area contributed by atoms with E-state index in [-0.39, 0.29) is 0 Å². The lowest BCUT2D eigenvalue weighted by molar-refractivity contribution is 0.470. The minimum absolute atomic E-state index is 0.366. The Balaban J connectivity index is 2.02. The fraction of sp³-hybridized carbons (Fsp3) is 0.550. The molecule has 1 saturated heterocycles. The van der Waals surface area contributed by atoms with Crippen molar-refractivity contribution in [2.24, 2.45) is 4.99 Å². The minimum Gasteiger partial charge on any atom is -0.357 e. The van der Waals surface area contributed by atoms with Crippen LogP contribution in [0.5, 0.6) is 0 Å². The topological polar surface area (TPSA) is 65.0 Å². The van der Waals surface area contributed by atoms with Gasteiger partial charge in [-0.15, -0.1) is 6.58 Å². The van der Waals surface area contributed by atoms with E-state index in [0.29, 0.717) is 24.5 Å². The summed E-state index contributed by atoms with van der Waals surface area (Å²) in [5, 5.41) is 3.30. The van der Waals surface area contributed by atoms with Gasteiger partial charge in [-0.05, 0) is 50.3 Å². The normalized spacial score (nSPS) is 15.7. The first-order valence-electron chi connectivity index (χ1n) is 9.68. The maximum atomic E-state index is 12.6. The largest absolute Gasteiger partial charge is 0.357 e. The molecule has 1 aliphatic heterocycles. The highest BCUT2D eigenvalue weighted by atomic mass is 32.2. The van der Waals surface area contributed by atoms with E-state index in [1.807, 2.05) is 32.2 Å². The lowest BCUT2D eigenvalue weighted by Gasteiger charge is -2.21. The Morgan fingerprint density at radius 1 is 1.30 bits per heavy atom. The summed E-state index contributed by atoms with van der Waals surface area (Å²) in [4.78, 5) is 7.15. The Hall–Kier alpha value is -1.86. The SMILES string of the molecule is C=CCCCN(C)C(=NCc1ccc(S(=O)(=O)N2CCCC2)cc1)NCC. The van der Waals surface area contributed by atoms with Crippen LogP contribution >= 0.6 is 0 Å². The van der Waals surface area contributed by atoms with E-state index >= 15 is 0 Å². The van der Waals surface area contributed by atoms with Gasteiger partial charge in [-0.3, -0.25) is 0 Å². The average Bonchev–Trinajstić information content (AvgIpc) is 3.21. The third kappa shape index (κ3) is 6.07. The molecule has 0 aliphatic carbocycles. The van der Waals surface area contributed by atoms with Crippen LogP contribution in [0.2, 0.25) is 0 Å². The van der Waals surface area contributed by atoms with Crippen molar-refractivity contribution in [2.45, 2.75) is 44.0 Å². The van der Waals surface area contributed by atoms with Gasteiger partial charge in [0.05, 0.1) is 11.4 Å². The van der Waals surface area contributed by atoms with Crippen LogP contribution in [0.15, 0.2) is 46.8 Å². The number of allylic oxidation sites excluding steroid dienone is 1. The Kier molecular flexibility index (Phi) is 8.31. The van der Waals surface area contributed by atoms with Crippen LogP contribution in [0.25, 0.3) is 0 Å². The molecule has 0 spiro atoms. The maximum absolute atomic E-state index is 12.6. The fourth-order valence-electron chi connectivity index (χ4n) is 3.06. The monoisotopic (exact) mass is 392 g/mol. The number of unbranched alkanes of at least 4 members (excludes halogenated alkanes) is 1. The second-order valence-corrected chi connectivity index (χ2v) is 8.72. The molecule has 1 N–H and O–H groups in total. The van der Waals surface area contributed by atoms with Crippen LogP contribution in [-0.4, -0.2) is 56.8 Å². The number of aliphatic imine (C=N–C) groups is 1. The molecule has 0 amide bonds. The van der Waals surface area contributed by atoms with Crippen molar-refractivity contribution in [1.29, 1.82) is 0 Å². The number of hydrogen-bond donors (Lipinski definition) is 1. The molecule has 0 bridgehead atoms. The molecule has 0 unspecified atom stereocenters. The summed E-state index contributed by atoms with van der Waals surface area (Å²) in [6.45, 7) is 9.27.